The largest absolute Gasteiger partial charge is 0.292 e. The maximum Gasteiger partial charge on any atom is 0.145 e. The number of hydrogen-bond acceptors (Lipinski definition) is 1. The van der Waals surface area contributed by atoms with E-state index < -0.39 is 0 Å². The second kappa shape index (κ2) is 8.78. The minimum atomic E-state index is 0.486. The minimum Gasteiger partial charge on any atom is -0.292 e. The lowest BCUT2D eigenvalue weighted by Crippen LogP contribution is -2.00. The summed E-state index contributed by atoms with van der Waals surface area (Å²) in [5.41, 5.74) is 9.99. The third-order valence-electron chi connectivity index (χ3n) is 6.65. The molecule has 0 bridgehead atoms. The van der Waals surface area contributed by atoms with Gasteiger partial charge in [0.15, 0.2) is 0 Å². The van der Waals surface area contributed by atoms with E-state index in [0.29, 0.717) is 5.92 Å². The van der Waals surface area contributed by atoms with Crippen molar-refractivity contribution in [3.8, 4) is 11.3 Å². The lowest BCUT2D eigenvalue weighted by Gasteiger charge is -2.18. The van der Waals surface area contributed by atoms with E-state index in [1.165, 1.54) is 55.2 Å². The van der Waals surface area contributed by atoms with Crippen molar-refractivity contribution in [2.45, 2.75) is 60.8 Å². The van der Waals surface area contributed by atoms with Gasteiger partial charge in [0.05, 0.1) is 17.4 Å². The standard InChI is InChI=1S/C28H28N2.C2H6/c1-6-18(3)21-11-8-12-22-23-15-17(2)13-14-24(23)30-25(16-29-28(30)27(21)22)26-19(4)9-7-10-20(26)5;1-2/h7-16,18H,6H2,1-5H3;1-2H3. The van der Waals surface area contributed by atoms with Crippen molar-refractivity contribution in [1.82, 2.24) is 9.38 Å². The van der Waals surface area contributed by atoms with Crippen molar-refractivity contribution in [2.24, 2.45) is 0 Å². The van der Waals surface area contributed by atoms with Gasteiger partial charge in [-0.2, -0.15) is 0 Å². The highest BCUT2D eigenvalue weighted by Gasteiger charge is 2.19. The zero-order chi connectivity index (χ0) is 23.0. The number of aryl methyl sites for hydroxylation is 3. The van der Waals surface area contributed by atoms with Gasteiger partial charge in [0, 0.05) is 16.3 Å². The molecule has 0 saturated heterocycles. The molecule has 0 radical (unpaired) electrons. The Morgan fingerprint density at radius 3 is 2.25 bits per heavy atom. The maximum absolute atomic E-state index is 5.02. The van der Waals surface area contributed by atoms with E-state index in [4.69, 9.17) is 4.98 Å². The molecule has 0 aliphatic carbocycles. The summed E-state index contributed by atoms with van der Waals surface area (Å²) >= 11 is 0. The molecule has 32 heavy (non-hydrogen) atoms. The van der Waals surface area contributed by atoms with E-state index in [1.54, 1.807) is 0 Å². The predicted molar refractivity (Wildman–Crippen MR) is 140 cm³/mol. The molecule has 2 heterocycles. The Morgan fingerprint density at radius 1 is 0.875 bits per heavy atom. The molecule has 1 atom stereocenters. The van der Waals surface area contributed by atoms with Gasteiger partial charge in [-0.1, -0.05) is 75.7 Å². The van der Waals surface area contributed by atoms with Crippen molar-refractivity contribution >= 4 is 27.3 Å². The van der Waals surface area contributed by atoms with E-state index in [2.05, 4.69) is 99.8 Å². The SMILES string of the molecule is CC.CCC(C)c1cccc2c3cc(C)ccc3n3c(-c4c(C)cccc4C)cnc3c12. The number of imidazole rings is 1. The monoisotopic (exact) mass is 422 g/mol. The van der Waals surface area contributed by atoms with Crippen molar-refractivity contribution in [3.63, 3.8) is 0 Å². The Kier molecular flexibility index (Phi) is 6.06. The summed E-state index contributed by atoms with van der Waals surface area (Å²) in [5, 5.41) is 3.90. The summed E-state index contributed by atoms with van der Waals surface area (Å²) in [7, 11) is 0. The van der Waals surface area contributed by atoms with Gasteiger partial charge in [-0.3, -0.25) is 4.40 Å². The van der Waals surface area contributed by atoms with Crippen LogP contribution in [0.25, 0.3) is 38.6 Å². The van der Waals surface area contributed by atoms with Gasteiger partial charge >= 0.3 is 0 Å². The zero-order valence-electron chi connectivity index (χ0n) is 20.5. The van der Waals surface area contributed by atoms with Crippen LogP contribution < -0.4 is 0 Å². The highest BCUT2D eigenvalue weighted by molar-refractivity contribution is 6.14. The van der Waals surface area contributed by atoms with Crippen LogP contribution in [-0.4, -0.2) is 9.38 Å². The molecule has 0 saturated carbocycles. The van der Waals surface area contributed by atoms with Crippen LogP contribution >= 0.6 is 0 Å². The van der Waals surface area contributed by atoms with Crippen molar-refractivity contribution in [1.29, 1.82) is 0 Å². The van der Waals surface area contributed by atoms with Crippen molar-refractivity contribution in [2.75, 3.05) is 0 Å². The average molecular weight is 423 g/mol. The summed E-state index contributed by atoms with van der Waals surface area (Å²) in [6.07, 6.45) is 3.18. The Morgan fingerprint density at radius 2 is 1.56 bits per heavy atom. The van der Waals surface area contributed by atoms with E-state index in [-0.39, 0.29) is 0 Å². The molecule has 2 heteroatoms. The molecule has 5 aromatic rings. The van der Waals surface area contributed by atoms with Gasteiger partial charge in [-0.05, 0) is 67.3 Å². The number of benzene rings is 3. The average Bonchev–Trinajstić information content (AvgIpc) is 3.24. The molecule has 0 aliphatic rings. The van der Waals surface area contributed by atoms with Crippen LogP contribution in [0.2, 0.25) is 0 Å². The highest BCUT2D eigenvalue weighted by Crippen LogP contribution is 2.38. The molecule has 0 aliphatic heterocycles. The lowest BCUT2D eigenvalue weighted by atomic mass is 9.92. The first-order chi connectivity index (χ1) is 15.5. The van der Waals surface area contributed by atoms with Crippen LogP contribution in [0.15, 0.2) is 60.8 Å². The molecule has 2 aromatic heterocycles. The number of aromatic nitrogens is 2. The second-order valence-electron chi connectivity index (χ2n) is 8.67. The summed E-state index contributed by atoms with van der Waals surface area (Å²) in [4.78, 5) is 5.02. The van der Waals surface area contributed by atoms with Crippen LogP contribution in [0, 0.1) is 20.8 Å². The summed E-state index contributed by atoms with van der Waals surface area (Å²) in [6.45, 7) is 15.1. The van der Waals surface area contributed by atoms with Gasteiger partial charge < -0.3 is 0 Å². The zero-order valence-corrected chi connectivity index (χ0v) is 20.5. The fraction of sp³-hybridized carbons (Fsp3) is 0.300. The third-order valence-corrected chi connectivity index (χ3v) is 6.65. The Balaban J connectivity index is 0.00000119. The Bertz CT molecular complexity index is 1400. The fourth-order valence-corrected chi connectivity index (χ4v) is 4.90. The Labute approximate surface area is 191 Å². The number of nitrogens with zero attached hydrogens (tertiary/aromatic N) is 2. The molecule has 0 fully saturated rings. The van der Waals surface area contributed by atoms with Crippen molar-refractivity contribution in [3.05, 3.63) is 83.0 Å². The summed E-state index contributed by atoms with van der Waals surface area (Å²) in [5.74, 6) is 0.486. The molecule has 5 rings (SSSR count). The van der Waals surface area contributed by atoms with E-state index >= 15 is 0 Å². The van der Waals surface area contributed by atoms with Crippen molar-refractivity contribution < 1.29 is 0 Å². The number of hydrogen-bond donors (Lipinski definition) is 0. The number of fused-ring (bicyclic) bond motifs is 6. The molecule has 0 amide bonds. The number of rotatable bonds is 3. The highest BCUT2D eigenvalue weighted by atomic mass is 15.0. The third kappa shape index (κ3) is 3.39. The first-order valence-electron chi connectivity index (χ1n) is 11.9. The van der Waals surface area contributed by atoms with Crippen LogP contribution in [0.3, 0.4) is 0 Å². The second-order valence-corrected chi connectivity index (χ2v) is 8.67. The molecule has 164 valence electrons. The van der Waals surface area contributed by atoms with Crippen LogP contribution in [0.4, 0.5) is 0 Å². The first-order valence-corrected chi connectivity index (χ1v) is 11.9. The van der Waals surface area contributed by atoms with E-state index in [0.717, 1.165) is 12.1 Å². The quantitative estimate of drug-likeness (QED) is 0.266. The van der Waals surface area contributed by atoms with E-state index in [1.807, 2.05) is 13.8 Å². The topological polar surface area (TPSA) is 17.3 Å². The molecule has 0 N–H and O–H groups in total. The van der Waals surface area contributed by atoms with Gasteiger partial charge in [-0.15, -0.1) is 0 Å². The minimum absolute atomic E-state index is 0.486. The smallest absolute Gasteiger partial charge is 0.145 e. The van der Waals surface area contributed by atoms with Gasteiger partial charge in [0.25, 0.3) is 0 Å². The maximum atomic E-state index is 5.02. The molecule has 3 aromatic carbocycles. The summed E-state index contributed by atoms with van der Waals surface area (Å²) < 4.78 is 2.39. The van der Waals surface area contributed by atoms with Crippen LogP contribution in [-0.2, 0) is 0 Å². The summed E-state index contributed by atoms with van der Waals surface area (Å²) in [6, 6.07) is 20.1. The van der Waals surface area contributed by atoms with Gasteiger partial charge in [0.1, 0.15) is 5.65 Å². The van der Waals surface area contributed by atoms with E-state index in [9.17, 15) is 0 Å². The van der Waals surface area contributed by atoms with Crippen LogP contribution in [0.1, 0.15) is 62.3 Å². The molecule has 0 spiro atoms. The molecular formula is C30H34N2. The Hall–Kier alpha value is -3.13. The van der Waals surface area contributed by atoms with Gasteiger partial charge in [0.2, 0.25) is 0 Å². The molecular weight excluding hydrogens is 388 g/mol. The van der Waals surface area contributed by atoms with Crippen LogP contribution in [0.5, 0.6) is 0 Å². The normalized spacial score (nSPS) is 12.2. The predicted octanol–water partition coefficient (Wildman–Crippen LogP) is 8.77. The molecule has 1 unspecified atom stereocenters. The molecule has 2 nitrogen and oxygen atoms in total. The fourth-order valence-electron chi connectivity index (χ4n) is 4.90. The first kappa shape index (κ1) is 22.1. The lowest BCUT2D eigenvalue weighted by molar-refractivity contribution is 0.740. The van der Waals surface area contributed by atoms with Gasteiger partial charge in [-0.25, -0.2) is 4.98 Å². The number of pyridine rings is 1.